The van der Waals surface area contributed by atoms with Crippen molar-refractivity contribution >= 4 is 17.6 Å². The molecule has 0 aliphatic carbocycles. The number of nitrogens with one attached hydrogen (secondary N) is 2. The standard InChI is InChI=1S/C19H19N3O3/c23-17-19(21-18(24)20-17)10-12-22(13-11-19)14-6-8-16(9-7-14)25-15-4-2-1-3-5-15/h1-9H,10-13H2,(H2,20,21,23,24). The van der Waals surface area contributed by atoms with Gasteiger partial charge in [0.1, 0.15) is 17.0 Å². The largest absolute Gasteiger partial charge is 0.457 e. The molecule has 2 saturated heterocycles. The van der Waals surface area contributed by atoms with Gasteiger partial charge in [0.2, 0.25) is 0 Å². The number of piperidine rings is 1. The van der Waals surface area contributed by atoms with Crippen LogP contribution in [0.15, 0.2) is 54.6 Å². The van der Waals surface area contributed by atoms with Crippen molar-refractivity contribution in [1.29, 1.82) is 0 Å². The van der Waals surface area contributed by atoms with Crippen molar-refractivity contribution in [2.45, 2.75) is 18.4 Å². The third kappa shape index (κ3) is 3.03. The molecule has 0 unspecified atom stereocenters. The number of anilines is 1. The molecule has 1 spiro atoms. The van der Waals surface area contributed by atoms with Crippen LogP contribution in [-0.4, -0.2) is 30.6 Å². The van der Waals surface area contributed by atoms with Crippen molar-refractivity contribution in [2.75, 3.05) is 18.0 Å². The summed E-state index contributed by atoms with van der Waals surface area (Å²) in [5, 5.41) is 5.12. The van der Waals surface area contributed by atoms with Crippen LogP contribution in [-0.2, 0) is 4.79 Å². The maximum absolute atomic E-state index is 12.0. The molecule has 0 aromatic heterocycles. The van der Waals surface area contributed by atoms with Gasteiger partial charge < -0.3 is 15.0 Å². The fourth-order valence-corrected chi connectivity index (χ4v) is 3.38. The summed E-state index contributed by atoms with van der Waals surface area (Å²) in [6.45, 7) is 1.43. The molecule has 2 aliphatic rings. The predicted molar refractivity (Wildman–Crippen MR) is 93.8 cm³/mol. The molecule has 2 aromatic rings. The highest BCUT2D eigenvalue weighted by atomic mass is 16.5. The van der Waals surface area contributed by atoms with Crippen LogP contribution in [0.5, 0.6) is 11.5 Å². The normalized spacial score (nSPS) is 18.8. The van der Waals surface area contributed by atoms with E-state index in [4.69, 9.17) is 4.74 Å². The Balaban J connectivity index is 1.40. The Labute approximate surface area is 145 Å². The molecule has 0 atom stereocenters. The highest BCUT2D eigenvalue weighted by molar-refractivity contribution is 6.07. The Hall–Kier alpha value is -3.02. The number of para-hydroxylation sites is 1. The van der Waals surface area contributed by atoms with E-state index in [1.165, 1.54) is 0 Å². The average Bonchev–Trinajstić information content (AvgIpc) is 2.90. The Kier molecular flexibility index (Phi) is 3.80. The minimum atomic E-state index is -0.732. The first kappa shape index (κ1) is 15.5. The number of carbonyl (C=O) groups is 2. The highest BCUT2D eigenvalue weighted by Gasteiger charge is 2.47. The van der Waals surface area contributed by atoms with Gasteiger partial charge in [-0.2, -0.15) is 0 Å². The molecular formula is C19H19N3O3. The topological polar surface area (TPSA) is 70.7 Å². The first-order chi connectivity index (χ1) is 12.1. The van der Waals surface area contributed by atoms with Crippen molar-refractivity contribution in [3.63, 3.8) is 0 Å². The molecule has 2 N–H and O–H groups in total. The maximum atomic E-state index is 12.0. The summed E-state index contributed by atoms with van der Waals surface area (Å²) in [4.78, 5) is 25.6. The van der Waals surface area contributed by atoms with Crippen LogP contribution in [0.1, 0.15) is 12.8 Å². The van der Waals surface area contributed by atoms with Crippen LogP contribution >= 0.6 is 0 Å². The minimum absolute atomic E-state index is 0.205. The second-order valence-corrected chi connectivity index (χ2v) is 6.39. The van der Waals surface area contributed by atoms with E-state index in [-0.39, 0.29) is 11.9 Å². The number of hydrogen-bond acceptors (Lipinski definition) is 4. The van der Waals surface area contributed by atoms with Crippen LogP contribution in [0, 0.1) is 0 Å². The Morgan fingerprint density at radius 1 is 0.880 bits per heavy atom. The molecule has 4 rings (SSSR count). The SMILES string of the molecule is O=C1NC(=O)C2(CCN(c3ccc(Oc4ccccc4)cc3)CC2)N1. The molecule has 25 heavy (non-hydrogen) atoms. The summed E-state index contributed by atoms with van der Waals surface area (Å²) < 4.78 is 5.80. The van der Waals surface area contributed by atoms with Crippen molar-refractivity contribution in [3.05, 3.63) is 54.6 Å². The fraction of sp³-hybridized carbons (Fsp3) is 0.263. The summed E-state index contributed by atoms with van der Waals surface area (Å²) in [6.07, 6.45) is 1.21. The molecule has 128 valence electrons. The van der Waals surface area contributed by atoms with Crippen LogP contribution < -0.4 is 20.3 Å². The lowest BCUT2D eigenvalue weighted by Crippen LogP contribution is -2.54. The van der Waals surface area contributed by atoms with E-state index in [0.29, 0.717) is 25.9 Å². The number of hydrogen-bond donors (Lipinski definition) is 2. The molecule has 2 aromatic carbocycles. The fourth-order valence-electron chi connectivity index (χ4n) is 3.38. The third-order valence-electron chi connectivity index (χ3n) is 4.81. The van der Waals surface area contributed by atoms with Crippen LogP contribution in [0.25, 0.3) is 0 Å². The average molecular weight is 337 g/mol. The molecule has 0 radical (unpaired) electrons. The van der Waals surface area contributed by atoms with E-state index >= 15 is 0 Å². The number of ether oxygens (including phenoxy) is 1. The van der Waals surface area contributed by atoms with Gasteiger partial charge >= 0.3 is 6.03 Å². The number of amides is 3. The Morgan fingerprint density at radius 2 is 1.52 bits per heavy atom. The van der Waals surface area contributed by atoms with Gasteiger partial charge in [0.25, 0.3) is 5.91 Å². The zero-order chi connectivity index (χ0) is 17.3. The van der Waals surface area contributed by atoms with Gasteiger partial charge in [-0.15, -0.1) is 0 Å². The molecule has 0 bridgehead atoms. The van der Waals surface area contributed by atoms with Crippen molar-refractivity contribution in [1.82, 2.24) is 10.6 Å². The third-order valence-corrected chi connectivity index (χ3v) is 4.81. The van der Waals surface area contributed by atoms with Crippen molar-refractivity contribution in [2.24, 2.45) is 0 Å². The van der Waals surface area contributed by atoms with E-state index in [9.17, 15) is 9.59 Å². The van der Waals surface area contributed by atoms with Crippen LogP contribution in [0.2, 0.25) is 0 Å². The predicted octanol–water partition coefficient (Wildman–Crippen LogP) is 2.66. The summed E-state index contributed by atoms with van der Waals surface area (Å²) in [7, 11) is 0. The lowest BCUT2D eigenvalue weighted by molar-refractivity contribution is -0.124. The van der Waals surface area contributed by atoms with Gasteiger partial charge in [0, 0.05) is 18.8 Å². The molecular weight excluding hydrogens is 318 g/mol. The van der Waals surface area contributed by atoms with Gasteiger partial charge in [-0.1, -0.05) is 18.2 Å². The second kappa shape index (κ2) is 6.12. The number of imide groups is 1. The van der Waals surface area contributed by atoms with Crippen molar-refractivity contribution in [3.8, 4) is 11.5 Å². The van der Waals surface area contributed by atoms with Crippen LogP contribution in [0.3, 0.4) is 0 Å². The van der Waals surface area contributed by atoms with Gasteiger partial charge in [0.15, 0.2) is 0 Å². The number of rotatable bonds is 3. The van der Waals surface area contributed by atoms with Gasteiger partial charge in [0.05, 0.1) is 0 Å². The molecule has 2 aliphatic heterocycles. The van der Waals surface area contributed by atoms with Gasteiger partial charge in [-0.05, 0) is 49.2 Å². The van der Waals surface area contributed by atoms with E-state index in [1.807, 2.05) is 54.6 Å². The van der Waals surface area contributed by atoms with E-state index in [0.717, 1.165) is 17.2 Å². The molecule has 2 fully saturated rings. The van der Waals surface area contributed by atoms with Crippen molar-refractivity contribution < 1.29 is 14.3 Å². The minimum Gasteiger partial charge on any atom is -0.457 e. The molecule has 0 saturated carbocycles. The number of carbonyl (C=O) groups excluding carboxylic acids is 2. The summed E-state index contributed by atoms with van der Waals surface area (Å²) >= 11 is 0. The Morgan fingerprint density at radius 3 is 2.12 bits per heavy atom. The second-order valence-electron chi connectivity index (χ2n) is 6.39. The zero-order valence-electron chi connectivity index (χ0n) is 13.7. The molecule has 3 amide bonds. The lowest BCUT2D eigenvalue weighted by Gasteiger charge is -2.38. The maximum Gasteiger partial charge on any atom is 0.322 e. The zero-order valence-corrected chi connectivity index (χ0v) is 13.7. The highest BCUT2D eigenvalue weighted by Crippen LogP contribution is 2.30. The molecule has 6 heteroatoms. The van der Waals surface area contributed by atoms with Gasteiger partial charge in [-0.3, -0.25) is 10.1 Å². The molecule has 2 heterocycles. The lowest BCUT2D eigenvalue weighted by atomic mass is 9.87. The number of nitrogens with zero attached hydrogens (tertiary/aromatic N) is 1. The molecule has 6 nitrogen and oxygen atoms in total. The van der Waals surface area contributed by atoms with Crippen LogP contribution in [0.4, 0.5) is 10.5 Å². The summed E-state index contributed by atoms with van der Waals surface area (Å²) in [6, 6.07) is 17.2. The van der Waals surface area contributed by atoms with E-state index in [2.05, 4.69) is 15.5 Å². The summed E-state index contributed by atoms with van der Waals surface area (Å²) in [5.41, 5.74) is 0.351. The smallest absolute Gasteiger partial charge is 0.322 e. The number of benzene rings is 2. The van der Waals surface area contributed by atoms with E-state index < -0.39 is 5.54 Å². The van der Waals surface area contributed by atoms with Gasteiger partial charge in [-0.25, -0.2) is 4.79 Å². The first-order valence-corrected chi connectivity index (χ1v) is 8.36. The first-order valence-electron chi connectivity index (χ1n) is 8.36. The van der Waals surface area contributed by atoms with E-state index in [1.54, 1.807) is 0 Å². The number of urea groups is 1. The monoisotopic (exact) mass is 337 g/mol. The quantitative estimate of drug-likeness (QED) is 0.845. The summed E-state index contributed by atoms with van der Waals surface area (Å²) in [5.74, 6) is 1.38. The Bertz CT molecular complexity index is 781.